The summed E-state index contributed by atoms with van der Waals surface area (Å²) in [6.07, 6.45) is 3.11. The lowest BCUT2D eigenvalue weighted by molar-refractivity contribution is 0.102. The first-order valence-corrected chi connectivity index (χ1v) is 7.50. The van der Waals surface area contributed by atoms with E-state index in [2.05, 4.69) is 26.2 Å². The molecule has 0 saturated carbocycles. The van der Waals surface area contributed by atoms with Gasteiger partial charge in [0, 0.05) is 4.88 Å². The zero-order valence-corrected chi connectivity index (χ0v) is 12.3. The first kappa shape index (κ1) is 12.7. The summed E-state index contributed by atoms with van der Waals surface area (Å²) in [7, 11) is 0. The second-order valence-corrected chi connectivity index (χ2v) is 6.24. The van der Waals surface area contributed by atoms with E-state index in [4.69, 9.17) is 0 Å². The molecule has 1 N–H and O–H groups in total. The Balaban J connectivity index is 1.82. The summed E-state index contributed by atoms with van der Waals surface area (Å²) < 4.78 is 14.1. The summed E-state index contributed by atoms with van der Waals surface area (Å²) in [6.45, 7) is 0. The molecule has 2 aromatic rings. The van der Waals surface area contributed by atoms with Crippen LogP contribution in [0.25, 0.3) is 0 Å². The summed E-state index contributed by atoms with van der Waals surface area (Å²) in [5.41, 5.74) is 1.08. The van der Waals surface area contributed by atoms with Crippen LogP contribution in [0, 0.1) is 5.82 Å². The van der Waals surface area contributed by atoms with Crippen molar-refractivity contribution in [1.82, 2.24) is 4.98 Å². The highest BCUT2D eigenvalue weighted by Gasteiger charge is 2.19. The van der Waals surface area contributed by atoms with Crippen LogP contribution < -0.4 is 5.32 Å². The Morgan fingerprint density at radius 2 is 2.26 bits per heavy atom. The number of halogens is 2. The summed E-state index contributed by atoms with van der Waals surface area (Å²) in [5.74, 6) is -1.02. The first-order valence-electron chi connectivity index (χ1n) is 5.89. The number of thiazole rings is 1. The van der Waals surface area contributed by atoms with E-state index in [1.165, 1.54) is 22.3 Å². The van der Waals surface area contributed by atoms with Gasteiger partial charge in [0.2, 0.25) is 0 Å². The topological polar surface area (TPSA) is 42.0 Å². The molecule has 3 nitrogen and oxygen atoms in total. The highest BCUT2D eigenvalue weighted by Crippen LogP contribution is 2.30. The minimum absolute atomic E-state index is 0.0183. The molecule has 0 unspecified atom stereocenters. The summed E-state index contributed by atoms with van der Waals surface area (Å²) >= 11 is 4.55. The van der Waals surface area contributed by atoms with Crippen LogP contribution in [0.15, 0.2) is 22.7 Å². The fourth-order valence-corrected chi connectivity index (χ4v) is 3.50. The molecule has 98 valence electrons. The Hall–Kier alpha value is -1.27. The fraction of sp³-hybridized carbons (Fsp3) is 0.231. The molecule has 0 radical (unpaired) electrons. The number of fused-ring (bicyclic) bond motifs is 1. The van der Waals surface area contributed by atoms with E-state index in [0.717, 1.165) is 25.0 Å². The van der Waals surface area contributed by atoms with Gasteiger partial charge in [0.15, 0.2) is 5.13 Å². The van der Waals surface area contributed by atoms with E-state index in [1.807, 2.05) is 0 Å². The van der Waals surface area contributed by atoms with Crippen molar-refractivity contribution in [2.24, 2.45) is 0 Å². The molecule has 1 amide bonds. The molecular weight excluding hydrogens is 331 g/mol. The molecule has 1 aliphatic rings. The van der Waals surface area contributed by atoms with Crippen molar-refractivity contribution in [1.29, 1.82) is 0 Å². The van der Waals surface area contributed by atoms with Crippen molar-refractivity contribution < 1.29 is 9.18 Å². The van der Waals surface area contributed by atoms with Crippen LogP contribution in [0.3, 0.4) is 0 Å². The number of rotatable bonds is 2. The lowest BCUT2D eigenvalue weighted by Gasteiger charge is -2.04. The van der Waals surface area contributed by atoms with Gasteiger partial charge >= 0.3 is 0 Å². The monoisotopic (exact) mass is 340 g/mol. The first-order chi connectivity index (χ1) is 9.15. The van der Waals surface area contributed by atoms with Crippen molar-refractivity contribution >= 4 is 38.3 Å². The van der Waals surface area contributed by atoms with Gasteiger partial charge in [0.25, 0.3) is 5.91 Å². The maximum Gasteiger partial charge on any atom is 0.260 e. The number of nitrogens with zero attached hydrogens (tertiary/aromatic N) is 1. The number of anilines is 1. The fourth-order valence-electron chi connectivity index (χ4n) is 2.09. The number of aryl methyl sites for hydroxylation is 2. The molecule has 0 fully saturated rings. The molecule has 19 heavy (non-hydrogen) atoms. The number of carbonyl (C=O) groups excluding carboxylic acids is 1. The van der Waals surface area contributed by atoms with E-state index >= 15 is 0 Å². The van der Waals surface area contributed by atoms with Gasteiger partial charge in [0.05, 0.1) is 15.7 Å². The van der Waals surface area contributed by atoms with Gasteiger partial charge in [-0.3, -0.25) is 10.1 Å². The maximum absolute atomic E-state index is 13.8. The third-order valence-corrected chi connectivity index (χ3v) is 4.70. The van der Waals surface area contributed by atoms with Crippen molar-refractivity contribution in [3.63, 3.8) is 0 Å². The zero-order valence-electron chi connectivity index (χ0n) is 9.87. The number of nitrogens with one attached hydrogen (secondary N) is 1. The number of hydrogen-bond donors (Lipinski definition) is 1. The predicted octanol–water partition coefficient (Wildman–Crippen LogP) is 3.79. The summed E-state index contributed by atoms with van der Waals surface area (Å²) in [6, 6.07) is 4.64. The van der Waals surface area contributed by atoms with E-state index < -0.39 is 11.7 Å². The SMILES string of the molecule is O=C(Nc1nc2c(s1)CCC2)c1cccc(Br)c1F. The normalized spacial score (nSPS) is 13.4. The Bertz CT molecular complexity index is 635. The lowest BCUT2D eigenvalue weighted by Crippen LogP contribution is -2.13. The molecular formula is C13H10BrFN2OS. The van der Waals surface area contributed by atoms with E-state index in [1.54, 1.807) is 12.1 Å². The average Bonchev–Trinajstić information content (AvgIpc) is 2.93. The molecule has 0 bridgehead atoms. The zero-order chi connectivity index (χ0) is 13.4. The smallest absolute Gasteiger partial charge is 0.260 e. The molecule has 3 rings (SSSR count). The van der Waals surface area contributed by atoms with Crippen molar-refractivity contribution in [2.75, 3.05) is 5.32 Å². The third kappa shape index (κ3) is 2.42. The average molecular weight is 341 g/mol. The molecule has 0 atom stereocenters. The molecule has 1 aliphatic carbocycles. The second-order valence-electron chi connectivity index (χ2n) is 4.30. The largest absolute Gasteiger partial charge is 0.298 e. The van der Waals surface area contributed by atoms with Crippen LogP contribution in [-0.4, -0.2) is 10.9 Å². The van der Waals surface area contributed by atoms with E-state index in [0.29, 0.717) is 5.13 Å². The third-order valence-electron chi connectivity index (χ3n) is 3.01. The number of amides is 1. The van der Waals surface area contributed by atoms with Gasteiger partial charge in [-0.15, -0.1) is 11.3 Å². The number of aromatic nitrogens is 1. The minimum Gasteiger partial charge on any atom is -0.298 e. The summed E-state index contributed by atoms with van der Waals surface area (Å²) in [4.78, 5) is 17.6. The van der Waals surface area contributed by atoms with Crippen molar-refractivity contribution in [3.05, 3.63) is 44.6 Å². The van der Waals surface area contributed by atoms with Gasteiger partial charge in [-0.25, -0.2) is 9.37 Å². The highest BCUT2D eigenvalue weighted by atomic mass is 79.9. The molecule has 1 aromatic heterocycles. The van der Waals surface area contributed by atoms with Gasteiger partial charge in [-0.05, 0) is 47.3 Å². The molecule has 1 aromatic carbocycles. The Morgan fingerprint density at radius 1 is 1.42 bits per heavy atom. The van der Waals surface area contributed by atoms with Crippen LogP contribution in [0.1, 0.15) is 27.3 Å². The van der Waals surface area contributed by atoms with Crippen LogP contribution in [0.4, 0.5) is 9.52 Å². The molecule has 1 heterocycles. The van der Waals surface area contributed by atoms with Crippen LogP contribution in [0.5, 0.6) is 0 Å². The Kier molecular flexibility index (Phi) is 3.36. The predicted molar refractivity (Wildman–Crippen MR) is 76.2 cm³/mol. The maximum atomic E-state index is 13.8. The van der Waals surface area contributed by atoms with Gasteiger partial charge in [-0.2, -0.15) is 0 Å². The Morgan fingerprint density at radius 3 is 3.05 bits per heavy atom. The quantitative estimate of drug-likeness (QED) is 0.903. The molecule has 6 heteroatoms. The number of benzene rings is 1. The van der Waals surface area contributed by atoms with Gasteiger partial charge < -0.3 is 0 Å². The second kappa shape index (κ2) is 5.02. The minimum atomic E-state index is -0.552. The standard InChI is InChI=1S/C13H10BrFN2OS/c14-8-4-1-3-7(11(8)15)12(18)17-13-16-9-5-2-6-10(9)19-13/h1,3-4H,2,5-6H2,(H,16,17,18). The Labute approximate surface area is 122 Å². The molecule has 0 saturated heterocycles. The summed E-state index contributed by atoms with van der Waals surface area (Å²) in [5, 5.41) is 3.21. The van der Waals surface area contributed by atoms with E-state index in [-0.39, 0.29) is 10.0 Å². The van der Waals surface area contributed by atoms with Crippen LogP contribution in [-0.2, 0) is 12.8 Å². The number of hydrogen-bond acceptors (Lipinski definition) is 3. The van der Waals surface area contributed by atoms with Crippen molar-refractivity contribution in [3.8, 4) is 0 Å². The lowest BCUT2D eigenvalue weighted by atomic mass is 10.2. The van der Waals surface area contributed by atoms with Gasteiger partial charge in [-0.1, -0.05) is 6.07 Å². The van der Waals surface area contributed by atoms with Crippen LogP contribution >= 0.6 is 27.3 Å². The number of carbonyl (C=O) groups is 1. The van der Waals surface area contributed by atoms with Gasteiger partial charge in [0.1, 0.15) is 5.82 Å². The molecule has 0 aliphatic heterocycles. The van der Waals surface area contributed by atoms with Crippen LogP contribution in [0.2, 0.25) is 0 Å². The van der Waals surface area contributed by atoms with Crippen molar-refractivity contribution in [2.45, 2.75) is 19.3 Å². The van der Waals surface area contributed by atoms with E-state index in [9.17, 15) is 9.18 Å². The highest BCUT2D eigenvalue weighted by molar-refractivity contribution is 9.10. The molecule has 0 spiro atoms.